The Kier molecular flexibility index (Phi) is 3.43. The van der Waals surface area contributed by atoms with E-state index in [2.05, 4.69) is 40.8 Å². The Hall–Kier alpha value is -1.39. The Balaban J connectivity index is 1.55. The van der Waals surface area contributed by atoms with Crippen LogP contribution in [-0.2, 0) is 13.0 Å². The van der Waals surface area contributed by atoms with E-state index in [0.717, 1.165) is 17.6 Å². The molecule has 3 nitrogen and oxygen atoms in total. The monoisotopic (exact) mass is 299 g/mol. The lowest BCUT2D eigenvalue weighted by Crippen LogP contribution is -2.24. The van der Waals surface area contributed by atoms with Crippen LogP contribution in [0.5, 0.6) is 0 Å². The van der Waals surface area contributed by atoms with Crippen LogP contribution in [0.15, 0.2) is 23.6 Å². The number of nitrogens with zero attached hydrogens (tertiary/aromatic N) is 2. The summed E-state index contributed by atoms with van der Waals surface area (Å²) in [6.45, 7) is 2.08. The van der Waals surface area contributed by atoms with E-state index in [1.165, 1.54) is 54.7 Å². The highest BCUT2D eigenvalue weighted by Gasteiger charge is 2.20. The van der Waals surface area contributed by atoms with Crippen LogP contribution < -0.4 is 10.2 Å². The third-order valence-electron chi connectivity index (χ3n) is 4.38. The molecule has 0 saturated heterocycles. The molecule has 1 aliphatic heterocycles. The molecule has 2 aliphatic rings. The molecular weight excluding hydrogens is 278 g/mol. The van der Waals surface area contributed by atoms with Crippen LogP contribution in [0, 0.1) is 0 Å². The molecule has 110 valence electrons. The van der Waals surface area contributed by atoms with E-state index in [1.54, 1.807) is 11.3 Å². The number of anilines is 1. The number of thiazole rings is 1. The van der Waals surface area contributed by atoms with Gasteiger partial charge in [0, 0.05) is 42.8 Å². The van der Waals surface area contributed by atoms with Crippen molar-refractivity contribution in [2.75, 3.05) is 18.5 Å². The van der Waals surface area contributed by atoms with Crippen LogP contribution in [0.25, 0.3) is 10.6 Å². The molecule has 1 aliphatic carbocycles. The van der Waals surface area contributed by atoms with Crippen LogP contribution >= 0.6 is 11.3 Å². The van der Waals surface area contributed by atoms with Gasteiger partial charge in [-0.3, -0.25) is 0 Å². The number of aryl methyl sites for hydroxylation is 1. The second-order valence-electron chi connectivity index (χ2n) is 6.17. The van der Waals surface area contributed by atoms with Crippen molar-refractivity contribution < 1.29 is 0 Å². The molecule has 0 radical (unpaired) electrons. The van der Waals surface area contributed by atoms with Crippen molar-refractivity contribution >= 4 is 17.0 Å². The standard InChI is InChI=1S/C17H21N3S/c1-20-8-2-3-12-9-13(4-7-16(12)20)17-19-15(11-21-17)10-18-14-5-6-14/h4,7,9,11,14,18H,2-3,5-6,8,10H2,1H3. The molecule has 0 amide bonds. The van der Waals surface area contributed by atoms with E-state index in [-0.39, 0.29) is 0 Å². The molecule has 2 aromatic rings. The van der Waals surface area contributed by atoms with Crippen LogP contribution in [0.1, 0.15) is 30.5 Å². The normalized spacial score (nSPS) is 17.9. The van der Waals surface area contributed by atoms with Crippen molar-refractivity contribution in [3.8, 4) is 10.6 Å². The number of hydrogen-bond acceptors (Lipinski definition) is 4. The van der Waals surface area contributed by atoms with E-state index in [4.69, 9.17) is 4.98 Å². The molecule has 0 unspecified atom stereocenters. The topological polar surface area (TPSA) is 28.2 Å². The second kappa shape index (κ2) is 5.43. The lowest BCUT2D eigenvalue weighted by Gasteiger charge is -2.27. The molecule has 4 rings (SSSR count). The van der Waals surface area contributed by atoms with Gasteiger partial charge in [0.2, 0.25) is 0 Å². The molecule has 4 heteroatoms. The second-order valence-corrected chi connectivity index (χ2v) is 7.03. The molecule has 0 spiro atoms. The first-order valence-corrected chi connectivity index (χ1v) is 8.70. The van der Waals surface area contributed by atoms with Crippen LogP contribution in [0.3, 0.4) is 0 Å². The summed E-state index contributed by atoms with van der Waals surface area (Å²) in [6.07, 6.45) is 5.10. The van der Waals surface area contributed by atoms with Crippen molar-refractivity contribution in [1.82, 2.24) is 10.3 Å². The smallest absolute Gasteiger partial charge is 0.123 e. The van der Waals surface area contributed by atoms with Gasteiger partial charge in [0.05, 0.1) is 5.69 Å². The summed E-state index contributed by atoms with van der Waals surface area (Å²) in [5.41, 5.74) is 5.30. The lowest BCUT2D eigenvalue weighted by molar-refractivity contribution is 0.678. The van der Waals surface area contributed by atoms with E-state index < -0.39 is 0 Å². The Labute approximate surface area is 130 Å². The number of fused-ring (bicyclic) bond motifs is 1. The summed E-state index contributed by atoms with van der Waals surface area (Å²) in [4.78, 5) is 7.15. The highest BCUT2D eigenvalue weighted by Crippen LogP contribution is 2.32. The highest BCUT2D eigenvalue weighted by molar-refractivity contribution is 7.13. The summed E-state index contributed by atoms with van der Waals surface area (Å²) < 4.78 is 0. The molecule has 0 bridgehead atoms. The maximum Gasteiger partial charge on any atom is 0.123 e. The molecule has 1 aromatic carbocycles. The summed E-state index contributed by atoms with van der Waals surface area (Å²) in [5, 5.41) is 6.87. The Morgan fingerprint density at radius 3 is 3.14 bits per heavy atom. The van der Waals surface area contributed by atoms with Gasteiger partial charge in [-0.1, -0.05) is 0 Å². The van der Waals surface area contributed by atoms with Gasteiger partial charge in [-0.15, -0.1) is 11.3 Å². The first kappa shape index (κ1) is 13.3. The average Bonchev–Trinajstić information content (AvgIpc) is 3.21. The maximum atomic E-state index is 4.79. The van der Waals surface area contributed by atoms with Crippen molar-refractivity contribution in [3.05, 3.63) is 34.8 Å². The SMILES string of the molecule is CN1CCCc2cc(-c3nc(CNC4CC4)cs3)ccc21. The molecule has 2 heterocycles. The number of aromatic nitrogens is 1. The number of hydrogen-bond donors (Lipinski definition) is 1. The van der Waals surface area contributed by atoms with Crippen molar-refractivity contribution in [2.45, 2.75) is 38.3 Å². The van der Waals surface area contributed by atoms with Crippen LogP contribution in [-0.4, -0.2) is 24.6 Å². The van der Waals surface area contributed by atoms with Crippen molar-refractivity contribution in [2.24, 2.45) is 0 Å². The molecule has 0 atom stereocenters. The zero-order valence-corrected chi connectivity index (χ0v) is 13.2. The molecular formula is C17H21N3S. The quantitative estimate of drug-likeness (QED) is 0.937. The predicted octanol–water partition coefficient (Wildman–Crippen LogP) is 3.44. The van der Waals surface area contributed by atoms with E-state index in [0.29, 0.717) is 0 Å². The number of benzene rings is 1. The minimum atomic E-state index is 0.745. The third-order valence-corrected chi connectivity index (χ3v) is 5.32. The largest absolute Gasteiger partial charge is 0.374 e. The Morgan fingerprint density at radius 2 is 2.29 bits per heavy atom. The minimum Gasteiger partial charge on any atom is -0.374 e. The molecule has 21 heavy (non-hydrogen) atoms. The number of rotatable bonds is 4. The van der Waals surface area contributed by atoms with Crippen LogP contribution in [0.2, 0.25) is 0 Å². The summed E-state index contributed by atoms with van der Waals surface area (Å²) >= 11 is 1.76. The molecule has 1 N–H and O–H groups in total. The third kappa shape index (κ3) is 2.83. The summed E-state index contributed by atoms with van der Waals surface area (Å²) in [7, 11) is 2.18. The van der Waals surface area contributed by atoms with Gasteiger partial charge in [0.25, 0.3) is 0 Å². The zero-order valence-electron chi connectivity index (χ0n) is 12.4. The molecule has 1 saturated carbocycles. The lowest BCUT2D eigenvalue weighted by atomic mass is 10.00. The number of nitrogens with one attached hydrogen (secondary N) is 1. The van der Waals surface area contributed by atoms with E-state index >= 15 is 0 Å². The Bertz CT molecular complexity index is 645. The first-order valence-electron chi connectivity index (χ1n) is 7.82. The average molecular weight is 299 g/mol. The van der Waals surface area contributed by atoms with Crippen molar-refractivity contribution in [3.63, 3.8) is 0 Å². The zero-order chi connectivity index (χ0) is 14.2. The first-order chi connectivity index (χ1) is 10.3. The van der Waals surface area contributed by atoms with Gasteiger partial charge >= 0.3 is 0 Å². The molecule has 1 fully saturated rings. The maximum absolute atomic E-state index is 4.79. The van der Waals surface area contributed by atoms with Gasteiger partial charge in [-0.05, 0) is 49.4 Å². The fraction of sp³-hybridized carbons (Fsp3) is 0.471. The van der Waals surface area contributed by atoms with E-state index in [1.807, 2.05) is 0 Å². The van der Waals surface area contributed by atoms with Gasteiger partial charge in [-0.25, -0.2) is 4.98 Å². The summed E-state index contributed by atoms with van der Waals surface area (Å²) in [5.74, 6) is 0. The van der Waals surface area contributed by atoms with Crippen LogP contribution in [0.4, 0.5) is 5.69 Å². The summed E-state index contributed by atoms with van der Waals surface area (Å²) in [6, 6.07) is 7.56. The predicted molar refractivity (Wildman–Crippen MR) is 89.0 cm³/mol. The molecule has 1 aromatic heterocycles. The highest BCUT2D eigenvalue weighted by atomic mass is 32.1. The van der Waals surface area contributed by atoms with Gasteiger partial charge in [0.15, 0.2) is 0 Å². The minimum absolute atomic E-state index is 0.745. The Morgan fingerprint density at radius 1 is 1.38 bits per heavy atom. The fourth-order valence-electron chi connectivity index (χ4n) is 2.98. The van der Waals surface area contributed by atoms with Gasteiger partial charge < -0.3 is 10.2 Å². The van der Waals surface area contributed by atoms with Gasteiger partial charge in [0.1, 0.15) is 5.01 Å². The van der Waals surface area contributed by atoms with E-state index in [9.17, 15) is 0 Å². The fourth-order valence-corrected chi connectivity index (χ4v) is 3.79. The van der Waals surface area contributed by atoms with Gasteiger partial charge in [-0.2, -0.15) is 0 Å². The van der Waals surface area contributed by atoms with Crippen molar-refractivity contribution in [1.29, 1.82) is 0 Å².